The molecule has 37 heavy (non-hydrogen) atoms. The van der Waals surface area contributed by atoms with Gasteiger partial charge in [0.25, 0.3) is 0 Å². The van der Waals surface area contributed by atoms with Crippen LogP contribution < -0.4 is 5.73 Å². The number of carbonyl (C=O) groups is 1. The Bertz CT molecular complexity index is 1220. The molecule has 2 N–H and O–H groups in total. The van der Waals surface area contributed by atoms with Crippen LogP contribution >= 0.6 is 11.6 Å². The Hall–Kier alpha value is -3.42. The van der Waals surface area contributed by atoms with E-state index in [-0.39, 0.29) is 0 Å². The molecule has 4 rings (SSSR count). The van der Waals surface area contributed by atoms with Gasteiger partial charge in [0, 0.05) is 5.69 Å². The lowest BCUT2D eigenvalue weighted by molar-refractivity contribution is -0.141. The third-order valence-electron chi connectivity index (χ3n) is 5.24. The molecule has 0 fully saturated rings. The topological polar surface area (TPSA) is 60.9 Å². The number of alkyl halides is 3. The van der Waals surface area contributed by atoms with Crippen LogP contribution in [0.15, 0.2) is 78.9 Å². The SMILES string of the molecule is C=O.CCc1cc(C(F)(F)F)nn1-c1ccccc1Cl.CCc1cccc(-c2ccc(C)cc2)c1.CN. The molecule has 0 atom stereocenters. The van der Waals surface area contributed by atoms with E-state index in [9.17, 15) is 13.2 Å². The smallest absolute Gasteiger partial charge is 0.333 e. The van der Waals surface area contributed by atoms with Crippen LogP contribution in [0.25, 0.3) is 16.8 Å². The van der Waals surface area contributed by atoms with E-state index in [1.165, 1.54) is 34.0 Å². The second-order valence-corrected chi connectivity index (χ2v) is 8.06. The average Bonchev–Trinajstić information content (AvgIpc) is 3.37. The van der Waals surface area contributed by atoms with E-state index in [4.69, 9.17) is 16.4 Å². The zero-order chi connectivity index (χ0) is 28.0. The lowest BCUT2D eigenvalue weighted by Crippen LogP contribution is -2.07. The molecule has 0 unspecified atom stereocenters. The number of aryl methyl sites for hydroxylation is 3. The molecule has 1 aromatic heterocycles. The first-order chi connectivity index (χ1) is 17.7. The molecule has 3 aromatic carbocycles. The minimum atomic E-state index is -4.45. The maximum Gasteiger partial charge on any atom is 0.435 e. The second kappa shape index (κ2) is 15.6. The molecule has 0 saturated carbocycles. The van der Waals surface area contributed by atoms with Crippen LogP contribution in [-0.4, -0.2) is 23.6 Å². The van der Waals surface area contributed by atoms with Crippen molar-refractivity contribution in [2.45, 2.75) is 39.8 Å². The molecule has 4 nitrogen and oxygen atoms in total. The monoisotopic (exact) mass is 531 g/mol. The van der Waals surface area contributed by atoms with E-state index in [1.807, 2.05) is 6.79 Å². The number of nitrogens with zero attached hydrogens (tertiary/aromatic N) is 2. The van der Waals surface area contributed by atoms with Gasteiger partial charge in [0.15, 0.2) is 5.69 Å². The van der Waals surface area contributed by atoms with Gasteiger partial charge in [-0.1, -0.05) is 91.7 Å². The summed E-state index contributed by atoms with van der Waals surface area (Å²) in [6, 6.07) is 25.2. The highest BCUT2D eigenvalue weighted by atomic mass is 35.5. The van der Waals surface area contributed by atoms with E-state index in [0.29, 0.717) is 22.8 Å². The fraction of sp³-hybridized carbons (Fsp3) is 0.241. The summed E-state index contributed by atoms with van der Waals surface area (Å²) in [6.45, 7) is 8.07. The average molecular weight is 532 g/mol. The van der Waals surface area contributed by atoms with Crippen LogP contribution in [-0.2, 0) is 23.8 Å². The highest BCUT2D eigenvalue weighted by molar-refractivity contribution is 6.32. The number of hydrogen-bond acceptors (Lipinski definition) is 3. The van der Waals surface area contributed by atoms with E-state index in [2.05, 4.69) is 73.2 Å². The Kier molecular flexibility index (Phi) is 13.4. The maximum atomic E-state index is 12.6. The van der Waals surface area contributed by atoms with Crippen molar-refractivity contribution in [3.63, 3.8) is 0 Å². The predicted molar refractivity (Wildman–Crippen MR) is 146 cm³/mol. The van der Waals surface area contributed by atoms with Crippen molar-refractivity contribution in [2.24, 2.45) is 5.73 Å². The van der Waals surface area contributed by atoms with Crippen LogP contribution in [0.2, 0.25) is 5.02 Å². The number of rotatable bonds is 4. The summed E-state index contributed by atoms with van der Waals surface area (Å²) in [7, 11) is 1.50. The Labute approximate surface area is 221 Å². The third kappa shape index (κ3) is 9.19. The summed E-state index contributed by atoms with van der Waals surface area (Å²) in [6.07, 6.45) is -2.91. The first kappa shape index (κ1) is 31.6. The van der Waals surface area contributed by atoms with Crippen LogP contribution in [0.1, 0.15) is 36.4 Å². The molecule has 0 aliphatic carbocycles. The molecular weight excluding hydrogens is 499 g/mol. The third-order valence-corrected chi connectivity index (χ3v) is 5.56. The molecule has 1 heterocycles. The van der Waals surface area contributed by atoms with Crippen molar-refractivity contribution >= 4 is 18.4 Å². The fourth-order valence-electron chi connectivity index (χ4n) is 3.36. The highest BCUT2D eigenvalue weighted by Crippen LogP contribution is 2.31. The zero-order valence-corrected chi connectivity index (χ0v) is 22.3. The molecule has 4 aromatic rings. The number of nitrogens with two attached hydrogens (primary N) is 1. The molecule has 0 radical (unpaired) electrons. The second-order valence-electron chi connectivity index (χ2n) is 7.66. The number of carbonyl (C=O) groups excluding carboxylic acids is 1. The van der Waals surface area contributed by atoms with Crippen LogP contribution in [0, 0.1) is 6.92 Å². The van der Waals surface area contributed by atoms with Crippen molar-refractivity contribution in [3.8, 4) is 16.8 Å². The fourth-order valence-corrected chi connectivity index (χ4v) is 3.57. The molecule has 0 saturated heterocycles. The van der Waals surface area contributed by atoms with Gasteiger partial charge in [-0.2, -0.15) is 18.3 Å². The number of halogens is 4. The summed E-state index contributed by atoms with van der Waals surface area (Å²) >= 11 is 5.97. The molecule has 8 heteroatoms. The first-order valence-electron chi connectivity index (χ1n) is 11.7. The summed E-state index contributed by atoms with van der Waals surface area (Å²) in [4.78, 5) is 8.00. The van der Waals surface area contributed by atoms with Gasteiger partial charge in [-0.15, -0.1) is 0 Å². The maximum absolute atomic E-state index is 12.6. The molecule has 0 amide bonds. The number of hydrogen-bond donors (Lipinski definition) is 1. The van der Waals surface area contributed by atoms with Gasteiger partial charge in [-0.05, 0) is 61.7 Å². The van der Waals surface area contributed by atoms with Gasteiger partial charge in [-0.3, -0.25) is 0 Å². The Morgan fingerprint density at radius 2 is 1.49 bits per heavy atom. The largest absolute Gasteiger partial charge is 0.435 e. The van der Waals surface area contributed by atoms with Crippen molar-refractivity contribution in [3.05, 3.63) is 106 Å². The van der Waals surface area contributed by atoms with Crippen LogP contribution in [0.4, 0.5) is 13.2 Å². The van der Waals surface area contributed by atoms with Gasteiger partial charge in [0.05, 0.1) is 10.7 Å². The van der Waals surface area contributed by atoms with Gasteiger partial charge in [0.1, 0.15) is 6.79 Å². The Morgan fingerprint density at radius 1 is 0.865 bits per heavy atom. The molecule has 0 bridgehead atoms. The van der Waals surface area contributed by atoms with Crippen molar-refractivity contribution in [1.29, 1.82) is 0 Å². The molecule has 0 aliphatic rings. The van der Waals surface area contributed by atoms with Crippen LogP contribution in [0.3, 0.4) is 0 Å². The molecule has 0 aliphatic heterocycles. The van der Waals surface area contributed by atoms with E-state index < -0.39 is 11.9 Å². The number of para-hydroxylation sites is 1. The Morgan fingerprint density at radius 3 is 2.03 bits per heavy atom. The predicted octanol–water partition coefficient (Wildman–Crippen LogP) is 7.72. The van der Waals surface area contributed by atoms with Gasteiger partial charge in [0.2, 0.25) is 0 Å². The summed E-state index contributed by atoms with van der Waals surface area (Å²) in [5, 5.41) is 3.96. The molecule has 198 valence electrons. The van der Waals surface area contributed by atoms with Crippen molar-refractivity contribution < 1.29 is 18.0 Å². The zero-order valence-electron chi connectivity index (χ0n) is 21.5. The lowest BCUT2D eigenvalue weighted by atomic mass is 10.0. The van der Waals surface area contributed by atoms with E-state index >= 15 is 0 Å². The standard InChI is InChI=1S/C15H16.C12H10ClF3N2.CH5N.CH2O/c1-3-13-5-4-6-15(11-13)14-9-7-12(2)8-10-14;1-2-8-7-11(12(14,15)16)17-18(8)10-6-4-3-5-9(10)13;2*1-2/h4-11H,3H2,1-2H3;3-7H,2H2,1H3;2H2,1H3;1H2. The van der Waals surface area contributed by atoms with Gasteiger partial charge >= 0.3 is 6.18 Å². The Balaban J connectivity index is 0.000000330. The number of aromatic nitrogens is 2. The van der Waals surface area contributed by atoms with Crippen molar-refractivity contribution in [2.75, 3.05) is 7.05 Å². The van der Waals surface area contributed by atoms with Gasteiger partial charge < -0.3 is 10.5 Å². The molecule has 0 spiro atoms. The highest BCUT2D eigenvalue weighted by Gasteiger charge is 2.35. The minimum Gasteiger partial charge on any atom is -0.333 e. The minimum absolute atomic E-state index is 0.365. The quantitative estimate of drug-likeness (QED) is 0.293. The van der Waals surface area contributed by atoms with Gasteiger partial charge in [-0.25, -0.2) is 4.68 Å². The molecular formula is C29H33ClF3N3O. The van der Waals surface area contributed by atoms with Crippen LogP contribution in [0.5, 0.6) is 0 Å². The van der Waals surface area contributed by atoms with E-state index in [0.717, 1.165) is 12.5 Å². The first-order valence-corrected chi connectivity index (χ1v) is 12.0. The van der Waals surface area contributed by atoms with Crippen molar-refractivity contribution in [1.82, 2.24) is 9.78 Å². The summed E-state index contributed by atoms with van der Waals surface area (Å²) in [5.74, 6) is 0. The lowest BCUT2D eigenvalue weighted by Gasteiger charge is -2.07. The van der Waals surface area contributed by atoms with E-state index in [1.54, 1.807) is 31.2 Å². The summed E-state index contributed by atoms with van der Waals surface area (Å²) in [5.41, 5.74) is 9.84. The summed E-state index contributed by atoms with van der Waals surface area (Å²) < 4.78 is 39.1. The normalized spacial score (nSPS) is 10.2. The number of benzene rings is 3.